The molecule has 2 N–H and O–H groups in total. The van der Waals surface area contributed by atoms with Crippen LogP contribution in [0.25, 0.3) is 0 Å². The molecule has 0 radical (unpaired) electrons. The van der Waals surface area contributed by atoms with E-state index >= 15 is 0 Å². The lowest BCUT2D eigenvalue weighted by molar-refractivity contribution is -0.118. The molecule has 2 aromatic rings. The van der Waals surface area contributed by atoms with Crippen molar-refractivity contribution >= 4 is 28.9 Å². The number of aryl methyl sites for hydroxylation is 1. The summed E-state index contributed by atoms with van der Waals surface area (Å²) in [5.41, 5.74) is 3.73. The molecule has 2 amide bonds. The van der Waals surface area contributed by atoms with Crippen molar-refractivity contribution < 1.29 is 14.3 Å². The average molecular weight is 393 g/mol. The van der Waals surface area contributed by atoms with Crippen LogP contribution in [-0.2, 0) is 9.59 Å². The summed E-state index contributed by atoms with van der Waals surface area (Å²) >= 11 is 0. The molecule has 6 nitrogen and oxygen atoms in total. The lowest BCUT2D eigenvalue weighted by atomic mass is 10.1. The van der Waals surface area contributed by atoms with E-state index in [2.05, 4.69) is 27.7 Å². The van der Waals surface area contributed by atoms with Crippen LogP contribution in [-0.4, -0.2) is 31.5 Å². The lowest BCUT2D eigenvalue weighted by Crippen LogP contribution is -2.21. The highest BCUT2D eigenvalue weighted by Crippen LogP contribution is 2.30. The highest BCUT2D eigenvalue weighted by molar-refractivity contribution is 5.94. The molecular weight excluding hydrogens is 366 g/mol. The number of benzene rings is 2. The molecule has 0 bridgehead atoms. The third-order valence-electron chi connectivity index (χ3n) is 5.37. The summed E-state index contributed by atoms with van der Waals surface area (Å²) in [6, 6.07) is 13.3. The third kappa shape index (κ3) is 5.08. The van der Waals surface area contributed by atoms with Gasteiger partial charge in [0, 0.05) is 42.1 Å². The van der Waals surface area contributed by atoms with E-state index < -0.39 is 0 Å². The summed E-state index contributed by atoms with van der Waals surface area (Å²) in [4.78, 5) is 26.6. The molecule has 1 saturated carbocycles. The SMILES string of the molecule is Cc1cc(N2CCCC2)ccc1NC(=O)COc1cccc(NC(=O)C2CC2)c1. The summed E-state index contributed by atoms with van der Waals surface area (Å²) in [7, 11) is 0. The van der Waals surface area contributed by atoms with Crippen molar-refractivity contribution in [1.29, 1.82) is 0 Å². The molecule has 152 valence electrons. The van der Waals surface area contributed by atoms with Gasteiger partial charge in [-0.3, -0.25) is 9.59 Å². The van der Waals surface area contributed by atoms with Gasteiger partial charge in [-0.1, -0.05) is 6.07 Å². The van der Waals surface area contributed by atoms with Crippen molar-refractivity contribution in [3.8, 4) is 5.75 Å². The Bertz CT molecular complexity index is 902. The summed E-state index contributed by atoms with van der Waals surface area (Å²) < 4.78 is 5.61. The van der Waals surface area contributed by atoms with Crippen LogP contribution < -0.4 is 20.3 Å². The standard InChI is InChI=1S/C23H27N3O3/c1-16-13-19(26-11-2-3-12-26)9-10-21(16)25-22(27)15-29-20-6-4-5-18(14-20)24-23(28)17-7-8-17/h4-6,9-10,13-14,17H,2-3,7-8,11-12,15H2,1H3,(H,24,28)(H,25,27). The van der Waals surface area contributed by atoms with Gasteiger partial charge >= 0.3 is 0 Å². The molecule has 1 saturated heterocycles. The van der Waals surface area contributed by atoms with Crippen molar-refractivity contribution in [3.05, 3.63) is 48.0 Å². The molecule has 0 unspecified atom stereocenters. The minimum absolute atomic E-state index is 0.0488. The first kappa shape index (κ1) is 19.3. The van der Waals surface area contributed by atoms with Gasteiger partial charge in [0.15, 0.2) is 6.61 Å². The van der Waals surface area contributed by atoms with Gasteiger partial charge in [0.1, 0.15) is 5.75 Å². The van der Waals surface area contributed by atoms with Crippen molar-refractivity contribution in [2.45, 2.75) is 32.6 Å². The van der Waals surface area contributed by atoms with Gasteiger partial charge < -0.3 is 20.3 Å². The average Bonchev–Trinajstić information content (AvgIpc) is 3.43. The van der Waals surface area contributed by atoms with Gasteiger partial charge in [-0.15, -0.1) is 0 Å². The van der Waals surface area contributed by atoms with E-state index in [-0.39, 0.29) is 24.3 Å². The van der Waals surface area contributed by atoms with E-state index in [9.17, 15) is 9.59 Å². The maximum absolute atomic E-state index is 12.3. The first-order valence-electron chi connectivity index (χ1n) is 10.3. The number of amides is 2. The molecule has 1 heterocycles. The van der Waals surface area contributed by atoms with E-state index in [1.165, 1.54) is 18.5 Å². The van der Waals surface area contributed by atoms with Crippen LogP contribution in [0, 0.1) is 12.8 Å². The fourth-order valence-electron chi connectivity index (χ4n) is 3.55. The second-order valence-corrected chi connectivity index (χ2v) is 7.82. The molecule has 6 heteroatoms. The lowest BCUT2D eigenvalue weighted by Gasteiger charge is -2.19. The van der Waals surface area contributed by atoms with Crippen LogP contribution in [0.5, 0.6) is 5.75 Å². The minimum Gasteiger partial charge on any atom is -0.484 e. The van der Waals surface area contributed by atoms with Crippen LogP contribution >= 0.6 is 0 Å². The second-order valence-electron chi connectivity index (χ2n) is 7.82. The number of hydrogen-bond donors (Lipinski definition) is 2. The normalized spacial score (nSPS) is 15.8. The van der Waals surface area contributed by atoms with Crippen molar-refractivity contribution in [1.82, 2.24) is 0 Å². The number of rotatable bonds is 7. The first-order valence-corrected chi connectivity index (χ1v) is 10.3. The zero-order valence-corrected chi connectivity index (χ0v) is 16.7. The Morgan fingerprint density at radius 1 is 1.07 bits per heavy atom. The van der Waals surface area contributed by atoms with Crippen molar-refractivity contribution in [2.75, 3.05) is 35.2 Å². The minimum atomic E-state index is -0.213. The van der Waals surface area contributed by atoms with E-state index in [0.29, 0.717) is 11.4 Å². The van der Waals surface area contributed by atoms with E-state index in [4.69, 9.17) is 4.74 Å². The predicted octanol–water partition coefficient (Wildman–Crippen LogP) is 3.96. The van der Waals surface area contributed by atoms with Gasteiger partial charge in [-0.25, -0.2) is 0 Å². The van der Waals surface area contributed by atoms with Crippen LogP contribution in [0.2, 0.25) is 0 Å². The number of nitrogens with one attached hydrogen (secondary N) is 2. The zero-order valence-electron chi connectivity index (χ0n) is 16.7. The molecule has 4 rings (SSSR count). The number of anilines is 3. The molecule has 2 fully saturated rings. The summed E-state index contributed by atoms with van der Waals surface area (Å²) in [5, 5.41) is 5.80. The fourth-order valence-corrected chi connectivity index (χ4v) is 3.55. The Kier molecular flexibility index (Phi) is 5.69. The van der Waals surface area contributed by atoms with Crippen molar-refractivity contribution in [2.24, 2.45) is 5.92 Å². The van der Waals surface area contributed by atoms with E-state index in [1.54, 1.807) is 18.2 Å². The maximum Gasteiger partial charge on any atom is 0.262 e. The molecule has 0 spiro atoms. The van der Waals surface area contributed by atoms with Crippen LogP contribution in [0.4, 0.5) is 17.1 Å². The van der Waals surface area contributed by atoms with Gasteiger partial charge in [-0.05, 0) is 68.5 Å². The predicted molar refractivity (Wildman–Crippen MR) is 115 cm³/mol. The van der Waals surface area contributed by atoms with E-state index in [1.807, 2.05) is 19.1 Å². The van der Waals surface area contributed by atoms with Crippen LogP contribution in [0.15, 0.2) is 42.5 Å². The molecule has 2 aliphatic rings. The number of nitrogens with zero attached hydrogens (tertiary/aromatic N) is 1. The number of carbonyl (C=O) groups excluding carboxylic acids is 2. The maximum atomic E-state index is 12.3. The molecule has 0 aromatic heterocycles. The Balaban J connectivity index is 1.30. The third-order valence-corrected chi connectivity index (χ3v) is 5.37. The topological polar surface area (TPSA) is 70.7 Å². The first-order chi connectivity index (χ1) is 14.1. The van der Waals surface area contributed by atoms with Crippen LogP contribution in [0.1, 0.15) is 31.2 Å². The quantitative estimate of drug-likeness (QED) is 0.747. The number of carbonyl (C=O) groups is 2. The van der Waals surface area contributed by atoms with E-state index in [0.717, 1.165) is 37.2 Å². The summed E-state index contributed by atoms with van der Waals surface area (Å²) in [5.74, 6) is 0.530. The molecular formula is C23H27N3O3. The highest BCUT2D eigenvalue weighted by Gasteiger charge is 2.29. The highest BCUT2D eigenvalue weighted by atomic mass is 16.5. The molecule has 1 aliphatic carbocycles. The number of hydrogen-bond acceptors (Lipinski definition) is 4. The smallest absolute Gasteiger partial charge is 0.262 e. The van der Waals surface area contributed by atoms with Crippen LogP contribution in [0.3, 0.4) is 0 Å². The Morgan fingerprint density at radius 3 is 2.59 bits per heavy atom. The molecule has 29 heavy (non-hydrogen) atoms. The summed E-state index contributed by atoms with van der Waals surface area (Å²) in [6.45, 7) is 4.10. The van der Waals surface area contributed by atoms with Gasteiger partial charge in [0.2, 0.25) is 5.91 Å². The Morgan fingerprint density at radius 2 is 1.86 bits per heavy atom. The molecule has 1 aliphatic heterocycles. The number of ether oxygens (including phenoxy) is 1. The zero-order chi connectivity index (χ0) is 20.2. The summed E-state index contributed by atoms with van der Waals surface area (Å²) in [6.07, 6.45) is 4.39. The molecule has 2 aromatic carbocycles. The Hall–Kier alpha value is -3.02. The van der Waals surface area contributed by atoms with Gasteiger partial charge in [-0.2, -0.15) is 0 Å². The van der Waals surface area contributed by atoms with Gasteiger partial charge in [0.05, 0.1) is 0 Å². The molecule has 0 atom stereocenters. The second kappa shape index (κ2) is 8.55. The largest absolute Gasteiger partial charge is 0.484 e. The monoisotopic (exact) mass is 393 g/mol. The Labute approximate surface area is 171 Å². The van der Waals surface area contributed by atoms with Crippen molar-refractivity contribution in [3.63, 3.8) is 0 Å². The van der Waals surface area contributed by atoms with Gasteiger partial charge in [0.25, 0.3) is 5.91 Å². The fraction of sp³-hybridized carbons (Fsp3) is 0.391.